The Labute approximate surface area is 181 Å². The van der Waals surface area contributed by atoms with E-state index in [1.807, 2.05) is 0 Å². The Hall–Kier alpha value is -4.02. The first-order valence-electron chi connectivity index (χ1n) is 9.77. The maximum atomic E-state index is 13.2. The second kappa shape index (κ2) is 7.59. The highest BCUT2D eigenvalue weighted by atomic mass is 16.6. The summed E-state index contributed by atoms with van der Waals surface area (Å²) in [5.41, 5.74) is -1.62. The lowest BCUT2D eigenvalue weighted by Crippen LogP contribution is -2.45. The molecule has 11 heteroatoms. The van der Waals surface area contributed by atoms with Gasteiger partial charge in [0.15, 0.2) is 5.78 Å². The van der Waals surface area contributed by atoms with Crippen molar-refractivity contribution in [2.75, 3.05) is 20.2 Å². The van der Waals surface area contributed by atoms with Crippen molar-refractivity contribution in [1.29, 1.82) is 0 Å². The minimum absolute atomic E-state index is 0.0460. The molecule has 1 spiro atoms. The van der Waals surface area contributed by atoms with Crippen molar-refractivity contribution >= 4 is 23.1 Å². The zero-order chi connectivity index (χ0) is 23.2. The predicted molar refractivity (Wildman–Crippen MR) is 110 cm³/mol. The fourth-order valence-electron chi connectivity index (χ4n) is 4.22. The van der Waals surface area contributed by atoms with E-state index in [1.165, 1.54) is 18.9 Å². The predicted octanol–water partition coefficient (Wildman–Crippen LogP) is 3.07. The molecule has 1 fully saturated rings. The Morgan fingerprint density at radius 2 is 1.94 bits per heavy atom. The van der Waals surface area contributed by atoms with Crippen LogP contribution in [0.3, 0.4) is 0 Å². The Bertz CT molecular complexity index is 1180. The van der Waals surface area contributed by atoms with Gasteiger partial charge in [0.1, 0.15) is 17.1 Å². The fourth-order valence-corrected chi connectivity index (χ4v) is 4.22. The van der Waals surface area contributed by atoms with Gasteiger partial charge in [-0.2, -0.15) is 0 Å². The molecule has 166 valence electrons. The van der Waals surface area contributed by atoms with E-state index in [0.717, 1.165) is 12.1 Å². The van der Waals surface area contributed by atoms with Crippen molar-refractivity contribution in [2.24, 2.45) is 0 Å². The van der Waals surface area contributed by atoms with E-state index in [2.05, 4.69) is 0 Å². The van der Waals surface area contributed by atoms with Crippen LogP contribution in [-0.2, 0) is 0 Å². The van der Waals surface area contributed by atoms with E-state index in [1.54, 1.807) is 18.2 Å². The molecule has 2 aliphatic heterocycles. The summed E-state index contributed by atoms with van der Waals surface area (Å²) in [7, 11) is 1.50. The molecule has 1 saturated heterocycles. The fraction of sp³-hybridized carbons (Fsp3) is 0.333. The molecule has 1 atom stereocenters. The highest BCUT2D eigenvalue weighted by Crippen LogP contribution is 2.40. The average Bonchev–Trinajstić information content (AvgIpc) is 3.15. The summed E-state index contributed by atoms with van der Waals surface area (Å²) in [6.07, 6.45) is 0.441. The molecule has 2 heterocycles. The normalized spacial score (nSPS) is 19.4. The molecule has 1 unspecified atom stereocenters. The molecule has 32 heavy (non-hydrogen) atoms. The quantitative estimate of drug-likeness (QED) is 0.520. The number of ether oxygens (including phenoxy) is 2. The Kier molecular flexibility index (Phi) is 5.03. The van der Waals surface area contributed by atoms with Crippen LogP contribution in [0.25, 0.3) is 0 Å². The Morgan fingerprint density at radius 3 is 2.59 bits per heavy atom. The van der Waals surface area contributed by atoms with E-state index in [0.29, 0.717) is 23.5 Å². The zero-order valence-corrected chi connectivity index (χ0v) is 17.3. The lowest BCUT2D eigenvalue weighted by Gasteiger charge is -2.34. The second-order valence-corrected chi connectivity index (χ2v) is 7.88. The lowest BCUT2D eigenvalue weighted by atomic mass is 9.89. The Morgan fingerprint density at radius 1 is 1.19 bits per heavy atom. The molecular weight excluding hydrogens is 422 g/mol. The molecule has 0 radical (unpaired) electrons. The van der Waals surface area contributed by atoms with Crippen LogP contribution < -0.4 is 9.47 Å². The number of methoxy groups -OCH3 is 1. The summed E-state index contributed by atoms with van der Waals surface area (Å²) in [5, 5.41) is 22.5. The maximum absolute atomic E-state index is 13.2. The van der Waals surface area contributed by atoms with E-state index in [4.69, 9.17) is 9.47 Å². The van der Waals surface area contributed by atoms with Gasteiger partial charge in [-0.15, -0.1) is 0 Å². The molecule has 4 rings (SSSR count). The zero-order valence-electron chi connectivity index (χ0n) is 17.3. The smallest absolute Gasteiger partial charge is 0.279 e. The topological polar surface area (TPSA) is 142 Å². The van der Waals surface area contributed by atoms with Crippen molar-refractivity contribution in [3.05, 3.63) is 67.3 Å². The average molecular weight is 441 g/mol. The van der Waals surface area contributed by atoms with Gasteiger partial charge in [-0.3, -0.25) is 29.8 Å². The minimum atomic E-state index is -0.922. The number of non-ortho nitro benzene ring substituents is 1. The molecule has 0 saturated carbocycles. The van der Waals surface area contributed by atoms with Gasteiger partial charge in [0.25, 0.3) is 17.3 Å². The number of amides is 1. The van der Waals surface area contributed by atoms with Crippen LogP contribution in [0.15, 0.2) is 30.3 Å². The maximum Gasteiger partial charge on any atom is 0.279 e. The van der Waals surface area contributed by atoms with Crippen LogP contribution in [0.2, 0.25) is 0 Å². The number of rotatable bonds is 4. The molecule has 2 aromatic carbocycles. The number of hydrogen-bond donors (Lipinski definition) is 0. The molecular formula is C21H19N3O8. The van der Waals surface area contributed by atoms with Crippen LogP contribution in [-0.4, -0.2) is 52.2 Å². The van der Waals surface area contributed by atoms with Crippen LogP contribution in [0, 0.1) is 27.2 Å². The molecule has 0 aromatic heterocycles. The van der Waals surface area contributed by atoms with Gasteiger partial charge in [-0.1, -0.05) is 0 Å². The summed E-state index contributed by atoms with van der Waals surface area (Å²) in [4.78, 5) is 48.4. The van der Waals surface area contributed by atoms with Gasteiger partial charge >= 0.3 is 0 Å². The molecule has 1 amide bonds. The van der Waals surface area contributed by atoms with Crippen LogP contribution in [0.1, 0.15) is 39.1 Å². The molecule has 11 nitrogen and oxygen atoms in total. The van der Waals surface area contributed by atoms with Crippen LogP contribution in [0.5, 0.6) is 11.5 Å². The summed E-state index contributed by atoms with van der Waals surface area (Å²) in [6.45, 7) is 1.71. The largest absolute Gasteiger partial charge is 0.497 e. The lowest BCUT2D eigenvalue weighted by molar-refractivity contribution is -0.394. The summed E-state index contributed by atoms with van der Waals surface area (Å²) < 4.78 is 11.3. The number of ketones is 1. The van der Waals surface area contributed by atoms with Crippen molar-refractivity contribution in [3.63, 3.8) is 0 Å². The number of likely N-dealkylation sites (tertiary alicyclic amines) is 1. The second-order valence-electron chi connectivity index (χ2n) is 7.88. The number of fused-ring (bicyclic) bond motifs is 1. The van der Waals surface area contributed by atoms with E-state index in [9.17, 15) is 29.8 Å². The molecule has 0 aliphatic carbocycles. The van der Waals surface area contributed by atoms with Gasteiger partial charge in [0, 0.05) is 24.6 Å². The highest BCUT2D eigenvalue weighted by Gasteiger charge is 2.47. The number of nitro benzene ring substituents is 2. The summed E-state index contributed by atoms with van der Waals surface area (Å²) in [5.74, 6) is 0.213. The number of benzene rings is 2. The number of nitro groups is 2. The van der Waals surface area contributed by atoms with Gasteiger partial charge in [0.2, 0.25) is 0 Å². The molecule has 2 aliphatic rings. The third kappa shape index (κ3) is 3.51. The first-order valence-corrected chi connectivity index (χ1v) is 9.77. The van der Waals surface area contributed by atoms with E-state index < -0.39 is 32.7 Å². The Balaban J connectivity index is 1.63. The minimum Gasteiger partial charge on any atom is -0.497 e. The van der Waals surface area contributed by atoms with Gasteiger partial charge in [-0.05, 0) is 25.1 Å². The number of hydrogen-bond acceptors (Lipinski definition) is 8. The van der Waals surface area contributed by atoms with Crippen LogP contribution >= 0.6 is 0 Å². The first kappa shape index (κ1) is 21.2. The number of nitrogens with zero attached hydrogens (tertiary/aromatic N) is 3. The van der Waals surface area contributed by atoms with Crippen molar-refractivity contribution in [2.45, 2.75) is 25.4 Å². The van der Waals surface area contributed by atoms with E-state index in [-0.39, 0.29) is 36.4 Å². The summed E-state index contributed by atoms with van der Waals surface area (Å²) >= 11 is 0. The number of carbonyl (C=O) groups is 2. The van der Waals surface area contributed by atoms with Crippen molar-refractivity contribution in [3.8, 4) is 11.5 Å². The highest BCUT2D eigenvalue weighted by molar-refractivity contribution is 6.01. The van der Waals surface area contributed by atoms with Gasteiger partial charge < -0.3 is 14.4 Å². The molecule has 0 bridgehead atoms. The third-order valence-electron chi connectivity index (χ3n) is 5.90. The first-order chi connectivity index (χ1) is 15.1. The van der Waals surface area contributed by atoms with Crippen LogP contribution in [0.4, 0.5) is 11.4 Å². The number of carbonyl (C=O) groups excluding carboxylic acids is 2. The number of Topliss-reactive ketones (excluding diaryl/α,β-unsaturated/α-hetero) is 1. The van der Waals surface area contributed by atoms with Crippen molar-refractivity contribution in [1.82, 2.24) is 4.90 Å². The van der Waals surface area contributed by atoms with Gasteiger partial charge in [0.05, 0.1) is 47.1 Å². The van der Waals surface area contributed by atoms with Gasteiger partial charge in [-0.25, -0.2) is 0 Å². The monoisotopic (exact) mass is 441 g/mol. The van der Waals surface area contributed by atoms with Crippen molar-refractivity contribution < 1.29 is 28.9 Å². The third-order valence-corrected chi connectivity index (χ3v) is 5.90. The van der Waals surface area contributed by atoms with E-state index >= 15 is 0 Å². The summed E-state index contributed by atoms with van der Waals surface area (Å²) in [6, 6.07) is 6.81. The standard InChI is InChI=1S/C21H19N3O8/c1-12-15(7-13(23(27)28)8-17(12)24(29)30)20(26)22-6-5-21(11-22)10-18(25)16-9-14(31-2)3-4-19(16)32-21/h3-4,7-9H,5-6,10-11H2,1-2H3. The molecule has 2 aromatic rings. The molecule has 0 N–H and O–H groups in total. The SMILES string of the molecule is COc1ccc2c(c1)C(=O)CC1(CCN(C(=O)c3cc([N+](=O)[O-])cc([N+](=O)[O-])c3C)C1)O2.